The normalized spacial score (nSPS) is 34.1. The highest BCUT2D eigenvalue weighted by molar-refractivity contribution is 4.79. The minimum atomic E-state index is -0.0162. The number of aliphatic hydroxyl groups is 1. The number of hydrogen-bond acceptors (Lipinski definition) is 1. The van der Waals surface area contributed by atoms with Crippen molar-refractivity contribution in [2.24, 2.45) is 11.8 Å². The maximum Gasteiger partial charge on any atom is 0.0570 e. The Labute approximate surface area is 69.8 Å². The summed E-state index contributed by atoms with van der Waals surface area (Å²) < 4.78 is 0. The lowest BCUT2D eigenvalue weighted by molar-refractivity contribution is 0.0813. The van der Waals surface area contributed by atoms with Gasteiger partial charge < -0.3 is 5.11 Å². The quantitative estimate of drug-likeness (QED) is 0.666. The SMILES string of the molecule is CCC[C@@H](O)C1CCCC1C. The van der Waals surface area contributed by atoms with Crippen LogP contribution >= 0.6 is 0 Å². The molecule has 1 nitrogen and oxygen atoms in total. The van der Waals surface area contributed by atoms with E-state index in [0.717, 1.165) is 18.8 Å². The standard InChI is InChI=1S/C10H20O/c1-3-5-10(11)9-7-4-6-8(9)2/h8-11H,3-7H2,1-2H3/t8?,9?,10-/m1/s1. The summed E-state index contributed by atoms with van der Waals surface area (Å²) in [6.07, 6.45) is 6.00. The molecule has 1 N–H and O–H groups in total. The van der Waals surface area contributed by atoms with E-state index in [1.165, 1.54) is 19.3 Å². The van der Waals surface area contributed by atoms with Gasteiger partial charge in [0, 0.05) is 0 Å². The molecule has 0 aliphatic heterocycles. The van der Waals surface area contributed by atoms with E-state index < -0.39 is 0 Å². The second-order valence-electron chi connectivity index (χ2n) is 3.93. The van der Waals surface area contributed by atoms with Crippen LogP contribution in [0.2, 0.25) is 0 Å². The molecule has 0 aromatic rings. The summed E-state index contributed by atoms with van der Waals surface area (Å²) in [6, 6.07) is 0. The third-order valence-corrected chi connectivity index (χ3v) is 3.01. The molecule has 0 heterocycles. The molecule has 1 heteroatoms. The molecule has 1 aliphatic carbocycles. The molecule has 0 radical (unpaired) electrons. The predicted molar refractivity (Wildman–Crippen MR) is 47.4 cm³/mol. The first-order chi connectivity index (χ1) is 5.25. The molecule has 0 saturated heterocycles. The average molecular weight is 156 g/mol. The van der Waals surface area contributed by atoms with Crippen molar-refractivity contribution in [3.05, 3.63) is 0 Å². The smallest absolute Gasteiger partial charge is 0.0570 e. The van der Waals surface area contributed by atoms with Crippen LogP contribution in [0.25, 0.3) is 0 Å². The fourth-order valence-electron chi connectivity index (χ4n) is 2.26. The van der Waals surface area contributed by atoms with Gasteiger partial charge in [0.25, 0.3) is 0 Å². The Bertz CT molecular complexity index is 111. The van der Waals surface area contributed by atoms with E-state index in [2.05, 4.69) is 13.8 Å². The van der Waals surface area contributed by atoms with E-state index in [-0.39, 0.29) is 6.10 Å². The minimum Gasteiger partial charge on any atom is -0.393 e. The first-order valence-electron chi connectivity index (χ1n) is 4.93. The van der Waals surface area contributed by atoms with Gasteiger partial charge in [-0.15, -0.1) is 0 Å². The first kappa shape index (κ1) is 9.05. The predicted octanol–water partition coefficient (Wildman–Crippen LogP) is 2.58. The van der Waals surface area contributed by atoms with Gasteiger partial charge in [0.05, 0.1) is 6.10 Å². The lowest BCUT2D eigenvalue weighted by Crippen LogP contribution is -2.22. The summed E-state index contributed by atoms with van der Waals surface area (Å²) in [4.78, 5) is 0. The monoisotopic (exact) mass is 156 g/mol. The van der Waals surface area contributed by atoms with E-state index >= 15 is 0 Å². The van der Waals surface area contributed by atoms with Crippen LogP contribution in [0.15, 0.2) is 0 Å². The molecular formula is C10H20O. The van der Waals surface area contributed by atoms with E-state index in [1.807, 2.05) is 0 Å². The highest BCUT2D eigenvalue weighted by Crippen LogP contribution is 2.34. The first-order valence-corrected chi connectivity index (χ1v) is 4.93. The molecule has 11 heavy (non-hydrogen) atoms. The van der Waals surface area contributed by atoms with E-state index in [1.54, 1.807) is 0 Å². The molecule has 1 aliphatic rings. The summed E-state index contributed by atoms with van der Waals surface area (Å²) in [5, 5.41) is 9.72. The zero-order valence-electron chi connectivity index (χ0n) is 7.71. The molecule has 0 spiro atoms. The van der Waals surface area contributed by atoms with Gasteiger partial charge >= 0.3 is 0 Å². The molecule has 0 aromatic heterocycles. The minimum absolute atomic E-state index is 0.0162. The van der Waals surface area contributed by atoms with Crippen molar-refractivity contribution in [2.45, 2.75) is 52.1 Å². The Balaban J connectivity index is 2.33. The van der Waals surface area contributed by atoms with E-state index in [9.17, 15) is 5.11 Å². The van der Waals surface area contributed by atoms with Gasteiger partial charge in [-0.1, -0.05) is 33.1 Å². The maximum atomic E-state index is 9.72. The maximum absolute atomic E-state index is 9.72. The molecule has 1 rings (SSSR count). The average Bonchev–Trinajstić information content (AvgIpc) is 2.36. The summed E-state index contributed by atoms with van der Waals surface area (Å²) in [5.74, 6) is 1.37. The van der Waals surface area contributed by atoms with Gasteiger partial charge in [-0.25, -0.2) is 0 Å². The Morgan fingerprint density at radius 3 is 2.64 bits per heavy atom. The van der Waals surface area contributed by atoms with Gasteiger partial charge in [0.2, 0.25) is 0 Å². The molecule has 1 fully saturated rings. The lowest BCUT2D eigenvalue weighted by atomic mass is 9.90. The Hall–Kier alpha value is -0.0400. The van der Waals surface area contributed by atoms with Crippen molar-refractivity contribution >= 4 is 0 Å². The van der Waals surface area contributed by atoms with Crippen molar-refractivity contribution in [1.82, 2.24) is 0 Å². The van der Waals surface area contributed by atoms with Crippen LogP contribution < -0.4 is 0 Å². The van der Waals surface area contributed by atoms with Crippen molar-refractivity contribution in [3.63, 3.8) is 0 Å². The Kier molecular flexibility index (Phi) is 3.38. The van der Waals surface area contributed by atoms with Crippen LogP contribution in [-0.4, -0.2) is 11.2 Å². The van der Waals surface area contributed by atoms with Crippen molar-refractivity contribution < 1.29 is 5.11 Å². The van der Waals surface area contributed by atoms with E-state index in [0.29, 0.717) is 5.92 Å². The van der Waals surface area contributed by atoms with Crippen LogP contribution in [0.5, 0.6) is 0 Å². The molecule has 3 atom stereocenters. The van der Waals surface area contributed by atoms with Crippen LogP contribution in [0, 0.1) is 11.8 Å². The molecule has 0 amide bonds. The van der Waals surface area contributed by atoms with Gasteiger partial charge in [0.1, 0.15) is 0 Å². The zero-order chi connectivity index (χ0) is 8.27. The van der Waals surface area contributed by atoms with E-state index in [4.69, 9.17) is 0 Å². The number of hydrogen-bond donors (Lipinski definition) is 1. The van der Waals surface area contributed by atoms with Crippen LogP contribution in [0.3, 0.4) is 0 Å². The summed E-state index contributed by atoms with van der Waals surface area (Å²) in [6.45, 7) is 4.42. The van der Waals surface area contributed by atoms with Gasteiger partial charge in [0.15, 0.2) is 0 Å². The Morgan fingerprint density at radius 1 is 1.45 bits per heavy atom. The third kappa shape index (κ3) is 2.19. The summed E-state index contributed by atoms with van der Waals surface area (Å²) in [7, 11) is 0. The fraction of sp³-hybridized carbons (Fsp3) is 1.00. The molecule has 0 aromatic carbocycles. The number of rotatable bonds is 3. The van der Waals surface area contributed by atoms with Crippen LogP contribution in [0.4, 0.5) is 0 Å². The summed E-state index contributed by atoms with van der Waals surface area (Å²) in [5.41, 5.74) is 0. The highest BCUT2D eigenvalue weighted by atomic mass is 16.3. The number of aliphatic hydroxyl groups excluding tert-OH is 1. The highest BCUT2D eigenvalue weighted by Gasteiger charge is 2.28. The molecular weight excluding hydrogens is 136 g/mol. The van der Waals surface area contributed by atoms with Crippen molar-refractivity contribution in [1.29, 1.82) is 0 Å². The van der Waals surface area contributed by atoms with Gasteiger partial charge in [-0.2, -0.15) is 0 Å². The second-order valence-corrected chi connectivity index (χ2v) is 3.93. The fourth-order valence-corrected chi connectivity index (χ4v) is 2.26. The molecule has 0 bridgehead atoms. The van der Waals surface area contributed by atoms with Gasteiger partial charge in [-0.05, 0) is 24.7 Å². The molecule has 1 saturated carbocycles. The summed E-state index contributed by atoms with van der Waals surface area (Å²) >= 11 is 0. The van der Waals surface area contributed by atoms with Crippen LogP contribution in [-0.2, 0) is 0 Å². The van der Waals surface area contributed by atoms with Crippen molar-refractivity contribution in [3.8, 4) is 0 Å². The van der Waals surface area contributed by atoms with Crippen LogP contribution in [0.1, 0.15) is 46.0 Å². The largest absolute Gasteiger partial charge is 0.393 e. The Morgan fingerprint density at radius 2 is 2.18 bits per heavy atom. The van der Waals surface area contributed by atoms with Crippen molar-refractivity contribution in [2.75, 3.05) is 0 Å². The zero-order valence-corrected chi connectivity index (χ0v) is 7.71. The second kappa shape index (κ2) is 4.10. The topological polar surface area (TPSA) is 20.2 Å². The third-order valence-electron chi connectivity index (χ3n) is 3.01. The van der Waals surface area contributed by atoms with Gasteiger partial charge in [-0.3, -0.25) is 0 Å². The molecule has 66 valence electrons. The lowest BCUT2D eigenvalue weighted by Gasteiger charge is -2.21. The molecule has 2 unspecified atom stereocenters.